The van der Waals surface area contributed by atoms with E-state index in [-0.39, 0.29) is 16.4 Å². The molecule has 0 aliphatic heterocycles. The van der Waals surface area contributed by atoms with Crippen LogP contribution < -0.4 is 5.32 Å². The van der Waals surface area contributed by atoms with Crippen molar-refractivity contribution in [3.8, 4) is 0 Å². The van der Waals surface area contributed by atoms with Crippen LogP contribution in [0.25, 0.3) is 0 Å². The van der Waals surface area contributed by atoms with E-state index in [2.05, 4.69) is 5.32 Å². The fourth-order valence-corrected chi connectivity index (χ4v) is 1.24. The normalized spacial score (nSPS) is 9.67. The van der Waals surface area contributed by atoms with E-state index in [0.29, 0.717) is 0 Å². The van der Waals surface area contributed by atoms with Crippen molar-refractivity contribution in [3.63, 3.8) is 0 Å². The summed E-state index contributed by atoms with van der Waals surface area (Å²) in [6.07, 6.45) is 0. The van der Waals surface area contributed by atoms with Gasteiger partial charge in [0.05, 0.1) is 9.95 Å². The summed E-state index contributed by atoms with van der Waals surface area (Å²) in [6, 6.07) is 4.11. The van der Waals surface area contributed by atoms with Gasteiger partial charge in [-0.1, -0.05) is 17.7 Å². The van der Waals surface area contributed by atoms with Crippen molar-refractivity contribution in [3.05, 3.63) is 33.3 Å². The zero-order chi connectivity index (χ0) is 11.4. The summed E-state index contributed by atoms with van der Waals surface area (Å²) in [4.78, 5) is 20.2. The number of carboxylic acid groups (broad SMARTS) is 1. The van der Waals surface area contributed by atoms with E-state index >= 15 is 0 Å². The third kappa shape index (κ3) is 2.81. The predicted octanol–water partition coefficient (Wildman–Crippen LogP) is 1.74. The third-order valence-electron chi connectivity index (χ3n) is 1.60. The lowest BCUT2D eigenvalue weighted by Gasteiger charge is -2.05. The van der Waals surface area contributed by atoms with Gasteiger partial charge in [0.15, 0.2) is 0 Å². The van der Waals surface area contributed by atoms with E-state index in [1.807, 2.05) is 0 Å². The Bertz CT molecular complexity index is 408. The highest BCUT2D eigenvalue weighted by Gasteiger charge is 2.16. The van der Waals surface area contributed by atoms with Crippen LogP contribution in [-0.4, -0.2) is 22.5 Å². The number of anilines is 1. The van der Waals surface area contributed by atoms with Crippen LogP contribution in [0.4, 0.5) is 11.4 Å². The fraction of sp³-hybridized carbons (Fsp3) is 0.125. The molecule has 1 aromatic rings. The van der Waals surface area contributed by atoms with Gasteiger partial charge in [-0.2, -0.15) is 0 Å². The number of hydrogen-bond donors (Lipinski definition) is 2. The van der Waals surface area contributed by atoms with E-state index in [9.17, 15) is 14.9 Å². The van der Waals surface area contributed by atoms with Gasteiger partial charge in [-0.15, -0.1) is 0 Å². The smallest absolute Gasteiger partial charge is 0.322 e. The van der Waals surface area contributed by atoms with Crippen molar-refractivity contribution in [2.75, 3.05) is 11.9 Å². The summed E-state index contributed by atoms with van der Waals surface area (Å²) in [5.41, 5.74) is -0.227. The molecule has 0 saturated heterocycles. The summed E-state index contributed by atoms with van der Waals surface area (Å²) < 4.78 is 0. The predicted molar refractivity (Wildman–Crippen MR) is 54.2 cm³/mol. The number of halogens is 1. The Hall–Kier alpha value is -1.82. The first-order chi connectivity index (χ1) is 7.02. The molecule has 0 unspecified atom stereocenters. The number of carbonyl (C=O) groups is 1. The molecule has 0 saturated carbocycles. The molecule has 1 rings (SSSR count). The Balaban J connectivity index is 3.02. The molecule has 80 valence electrons. The molecule has 2 N–H and O–H groups in total. The number of rotatable bonds is 4. The lowest BCUT2D eigenvalue weighted by molar-refractivity contribution is -0.383. The molecule has 0 heterocycles. The average Bonchev–Trinajstić information content (AvgIpc) is 2.15. The van der Waals surface area contributed by atoms with Crippen molar-refractivity contribution in [1.29, 1.82) is 0 Å². The maximum Gasteiger partial charge on any atom is 0.322 e. The second-order valence-electron chi connectivity index (χ2n) is 2.64. The van der Waals surface area contributed by atoms with Gasteiger partial charge in [0.25, 0.3) is 5.69 Å². The molecule has 0 aliphatic rings. The minimum absolute atomic E-state index is 0.0200. The molecule has 0 aromatic heterocycles. The van der Waals surface area contributed by atoms with Crippen molar-refractivity contribution < 1.29 is 14.8 Å². The van der Waals surface area contributed by atoms with Crippen molar-refractivity contribution in [2.45, 2.75) is 0 Å². The molecule has 1 aromatic carbocycles. The summed E-state index contributed by atoms with van der Waals surface area (Å²) in [5.74, 6) is -1.12. The molecular weight excluding hydrogens is 224 g/mol. The number of nitrogens with one attached hydrogen (secondary N) is 1. The van der Waals surface area contributed by atoms with Gasteiger partial charge >= 0.3 is 5.97 Å². The van der Waals surface area contributed by atoms with Crippen LogP contribution >= 0.6 is 11.6 Å². The highest BCUT2D eigenvalue weighted by molar-refractivity contribution is 6.33. The molecule has 6 nitrogen and oxygen atoms in total. The highest BCUT2D eigenvalue weighted by Crippen LogP contribution is 2.31. The Kier molecular flexibility index (Phi) is 3.46. The molecule has 0 bridgehead atoms. The van der Waals surface area contributed by atoms with Gasteiger partial charge in [0.1, 0.15) is 12.2 Å². The van der Waals surface area contributed by atoms with Gasteiger partial charge in [-0.25, -0.2) is 0 Å². The fourth-order valence-electron chi connectivity index (χ4n) is 1.00. The first-order valence-corrected chi connectivity index (χ1v) is 4.28. The molecule has 7 heteroatoms. The van der Waals surface area contributed by atoms with Crippen LogP contribution in [0.5, 0.6) is 0 Å². The number of carboxylic acids is 1. The van der Waals surface area contributed by atoms with Gasteiger partial charge in [-0.05, 0) is 6.07 Å². The van der Waals surface area contributed by atoms with Gasteiger partial charge in [-0.3, -0.25) is 14.9 Å². The Morgan fingerprint density at radius 2 is 2.27 bits per heavy atom. The van der Waals surface area contributed by atoms with Gasteiger partial charge < -0.3 is 10.4 Å². The molecule has 0 fully saturated rings. The first kappa shape index (κ1) is 11.3. The molecule has 0 spiro atoms. The molecule has 0 amide bonds. The number of hydrogen-bond acceptors (Lipinski definition) is 4. The zero-order valence-electron chi connectivity index (χ0n) is 7.44. The first-order valence-electron chi connectivity index (χ1n) is 3.91. The number of nitro benzene ring substituents is 1. The number of nitro groups is 1. The van der Waals surface area contributed by atoms with Gasteiger partial charge in [0, 0.05) is 6.07 Å². The molecule has 0 atom stereocenters. The SMILES string of the molecule is O=C(O)CNc1c(Cl)cccc1[N+](=O)[O-]. The van der Waals surface area contributed by atoms with E-state index in [4.69, 9.17) is 16.7 Å². The second-order valence-corrected chi connectivity index (χ2v) is 3.05. The molecular formula is C8H7ClN2O4. The standard InChI is InChI=1S/C8H7ClN2O4/c9-5-2-1-3-6(11(14)15)8(5)10-4-7(12)13/h1-3,10H,4H2,(H,12,13). The maximum absolute atomic E-state index is 10.6. The number of aliphatic carboxylic acids is 1. The van der Waals surface area contributed by atoms with Crippen LogP contribution in [0, 0.1) is 10.1 Å². The third-order valence-corrected chi connectivity index (χ3v) is 1.92. The van der Waals surface area contributed by atoms with E-state index in [1.165, 1.54) is 18.2 Å². The van der Waals surface area contributed by atoms with Crippen molar-refractivity contribution >= 4 is 28.9 Å². The van der Waals surface area contributed by atoms with Crippen LogP contribution in [0.1, 0.15) is 0 Å². The van der Waals surface area contributed by atoms with Gasteiger partial charge in [0.2, 0.25) is 0 Å². The average molecular weight is 231 g/mol. The molecule has 15 heavy (non-hydrogen) atoms. The number of benzene rings is 1. The van der Waals surface area contributed by atoms with Crippen LogP contribution in [-0.2, 0) is 4.79 Å². The number of para-hydroxylation sites is 1. The molecule has 0 radical (unpaired) electrons. The summed E-state index contributed by atoms with van der Waals surface area (Å²) in [5, 5.41) is 21.5. The summed E-state index contributed by atoms with van der Waals surface area (Å²) >= 11 is 5.70. The van der Waals surface area contributed by atoms with E-state index < -0.39 is 17.4 Å². The second kappa shape index (κ2) is 4.61. The van der Waals surface area contributed by atoms with E-state index in [1.54, 1.807) is 0 Å². The largest absolute Gasteiger partial charge is 0.480 e. The summed E-state index contributed by atoms with van der Waals surface area (Å²) in [7, 11) is 0. The van der Waals surface area contributed by atoms with Crippen molar-refractivity contribution in [1.82, 2.24) is 0 Å². The number of nitrogens with zero attached hydrogens (tertiary/aromatic N) is 1. The van der Waals surface area contributed by atoms with Crippen molar-refractivity contribution in [2.24, 2.45) is 0 Å². The van der Waals surface area contributed by atoms with E-state index in [0.717, 1.165) is 0 Å². The highest BCUT2D eigenvalue weighted by atomic mass is 35.5. The zero-order valence-corrected chi connectivity index (χ0v) is 8.19. The van der Waals surface area contributed by atoms with Crippen LogP contribution in [0.15, 0.2) is 18.2 Å². The van der Waals surface area contributed by atoms with Crippen LogP contribution in [0.3, 0.4) is 0 Å². The lowest BCUT2D eigenvalue weighted by Crippen LogP contribution is -2.13. The molecule has 0 aliphatic carbocycles. The Morgan fingerprint density at radius 1 is 1.60 bits per heavy atom. The minimum atomic E-state index is -1.12. The maximum atomic E-state index is 10.6. The monoisotopic (exact) mass is 230 g/mol. The Morgan fingerprint density at radius 3 is 2.80 bits per heavy atom. The summed E-state index contributed by atoms with van der Waals surface area (Å²) in [6.45, 7) is -0.426. The Labute approximate surface area is 89.6 Å². The lowest BCUT2D eigenvalue weighted by atomic mass is 10.2. The van der Waals surface area contributed by atoms with Crippen LogP contribution in [0.2, 0.25) is 5.02 Å². The quantitative estimate of drug-likeness (QED) is 0.607. The minimum Gasteiger partial charge on any atom is -0.480 e. The topological polar surface area (TPSA) is 92.5 Å².